The van der Waals surface area contributed by atoms with E-state index in [4.69, 9.17) is 0 Å². The summed E-state index contributed by atoms with van der Waals surface area (Å²) < 4.78 is 0. The molecule has 0 unspecified atom stereocenters. The summed E-state index contributed by atoms with van der Waals surface area (Å²) in [7, 11) is 0. The molecule has 0 N–H and O–H groups in total. The number of halogens is 1. The molecule has 3 radical (unpaired) electrons. The molecule has 0 fully saturated rings. The van der Waals surface area contributed by atoms with Gasteiger partial charge in [-0.25, -0.2) is 0 Å². The summed E-state index contributed by atoms with van der Waals surface area (Å²) in [6.07, 6.45) is 0. The first-order chi connectivity index (χ1) is 0. The zero-order valence-electron chi connectivity index (χ0n) is 2.44. The third kappa shape index (κ3) is 23.6. The van der Waals surface area contributed by atoms with Crippen LogP contribution < -0.4 is 0 Å². The van der Waals surface area contributed by atoms with Gasteiger partial charge in [0.25, 0.3) is 0 Å². The molecule has 0 amide bonds. The molecule has 35 valence electrons. The maximum Gasteiger partial charge on any atom is 0 e. The SMILES string of the molecule is F.[Co].[Li].[Mn].[Ni]. The Balaban J connectivity index is 0. The van der Waals surface area contributed by atoms with Gasteiger partial charge in [-0.15, -0.1) is 0 Å². The van der Waals surface area contributed by atoms with Crippen molar-refractivity contribution >= 4 is 18.9 Å². The van der Waals surface area contributed by atoms with Gasteiger partial charge in [0.2, 0.25) is 0 Å². The fraction of sp³-hybridized carbons (Fsp3) is 0. The largest absolute Gasteiger partial charge is 0.269 e. The second-order valence-electron chi connectivity index (χ2n) is 0. The fourth-order valence-corrected chi connectivity index (χ4v) is 0. The Morgan fingerprint density at radius 2 is 1.00 bits per heavy atom. The second-order valence-corrected chi connectivity index (χ2v) is 0. The van der Waals surface area contributed by atoms with Crippen LogP contribution in [0.5, 0.6) is 0 Å². The molecular formula is HCoFLiMnNi. The first-order valence-electron chi connectivity index (χ1n) is 0. The van der Waals surface area contributed by atoms with Crippen molar-refractivity contribution in [2.24, 2.45) is 0 Å². The molecule has 0 rings (SSSR count). The Labute approximate surface area is 73.4 Å². The van der Waals surface area contributed by atoms with Crippen LogP contribution in [0.3, 0.4) is 0 Å². The number of hydrogen-bond acceptors (Lipinski definition) is 0. The van der Waals surface area contributed by atoms with Gasteiger partial charge in [-0.2, -0.15) is 0 Å². The monoisotopic (exact) mass is 199 g/mol. The van der Waals surface area contributed by atoms with E-state index >= 15 is 0 Å². The summed E-state index contributed by atoms with van der Waals surface area (Å²) >= 11 is 0. The summed E-state index contributed by atoms with van der Waals surface area (Å²) in [6.45, 7) is 0. The molecule has 0 aliphatic carbocycles. The molecule has 0 aromatic carbocycles. The van der Waals surface area contributed by atoms with Crippen LogP contribution in [0.2, 0.25) is 0 Å². The molecule has 5 heavy (non-hydrogen) atoms. The Hall–Kier alpha value is 2.05. The molecular weight excluding hydrogens is 199 g/mol. The average Bonchev–Trinajstić information content (AvgIpc) is 0. The van der Waals surface area contributed by atoms with Crippen molar-refractivity contribution in [2.75, 3.05) is 0 Å². The van der Waals surface area contributed by atoms with Gasteiger partial charge in [-0.3, -0.25) is 4.70 Å². The van der Waals surface area contributed by atoms with Gasteiger partial charge in [-0.1, -0.05) is 0 Å². The molecule has 0 bridgehead atoms. The summed E-state index contributed by atoms with van der Waals surface area (Å²) in [5.41, 5.74) is 0. The standard InChI is InChI=1S/Co.FH.Li.Mn.Ni/h;1H;;;. The molecule has 0 aromatic heterocycles. The molecule has 0 aliphatic heterocycles. The van der Waals surface area contributed by atoms with Gasteiger partial charge in [0, 0.05) is 69.2 Å². The molecule has 5 heteroatoms. The van der Waals surface area contributed by atoms with E-state index in [1.807, 2.05) is 0 Å². The first kappa shape index (κ1) is 61.5. The summed E-state index contributed by atoms with van der Waals surface area (Å²) in [5.74, 6) is 0. The van der Waals surface area contributed by atoms with E-state index in [0.29, 0.717) is 0 Å². The minimum Gasteiger partial charge on any atom is -0.269 e. The van der Waals surface area contributed by atoms with Crippen molar-refractivity contribution in [2.45, 2.75) is 0 Å². The van der Waals surface area contributed by atoms with Crippen molar-refractivity contribution in [3.05, 3.63) is 0 Å². The van der Waals surface area contributed by atoms with Crippen LogP contribution in [0.4, 0.5) is 4.70 Å². The molecule has 0 nitrogen and oxygen atoms in total. The Kier molecular flexibility index (Phi) is 452. The van der Waals surface area contributed by atoms with Crippen molar-refractivity contribution < 1.29 is 55.0 Å². The quantitative estimate of drug-likeness (QED) is 0.473. The molecule has 0 saturated carbocycles. The third-order valence-electron chi connectivity index (χ3n) is 0. The maximum absolute atomic E-state index is 0. The Bertz CT molecular complexity index is 11.6. The van der Waals surface area contributed by atoms with Gasteiger partial charge in [-0.05, 0) is 0 Å². The minimum absolute atomic E-state index is 0. The molecule has 0 aliphatic rings. The fourth-order valence-electron chi connectivity index (χ4n) is 0. The summed E-state index contributed by atoms with van der Waals surface area (Å²) in [4.78, 5) is 0. The van der Waals surface area contributed by atoms with Crippen LogP contribution in [-0.2, 0) is 50.3 Å². The van der Waals surface area contributed by atoms with Crippen LogP contribution in [0.15, 0.2) is 0 Å². The van der Waals surface area contributed by atoms with Crippen LogP contribution in [0, 0.1) is 0 Å². The van der Waals surface area contributed by atoms with Gasteiger partial charge >= 0.3 is 0 Å². The van der Waals surface area contributed by atoms with Gasteiger partial charge in [0.05, 0.1) is 0 Å². The third-order valence-corrected chi connectivity index (χ3v) is 0. The van der Waals surface area contributed by atoms with Crippen LogP contribution in [0.1, 0.15) is 0 Å². The first-order valence-corrected chi connectivity index (χ1v) is 0. The maximum atomic E-state index is 0. The van der Waals surface area contributed by atoms with Crippen molar-refractivity contribution in [3.8, 4) is 0 Å². The van der Waals surface area contributed by atoms with E-state index in [0.717, 1.165) is 0 Å². The molecule has 0 saturated heterocycles. The number of hydrogen-bond donors (Lipinski definition) is 0. The van der Waals surface area contributed by atoms with Crippen molar-refractivity contribution in [1.29, 1.82) is 0 Å². The van der Waals surface area contributed by atoms with Crippen LogP contribution in [-0.4, -0.2) is 18.9 Å². The van der Waals surface area contributed by atoms with Crippen LogP contribution >= 0.6 is 0 Å². The predicted molar refractivity (Wildman–Crippen MR) is 8.26 cm³/mol. The average molecular weight is 200 g/mol. The van der Waals surface area contributed by atoms with Gasteiger partial charge in [0.1, 0.15) is 0 Å². The number of rotatable bonds is 0. The molecule has 0 heterocycles. The van der Waals surface area contributed by atoms with Crippen molar-refractivity contribution in [3.63, 3.8) is 0 Å². The van der Waals surface area contributed by atoms with E-state index in [9.17, 15) is 0 Å². The normalized spacial score (nSPS) is 0. The van der Waals surface area contributed by atoms with E-state index in [1.54, 1.807) is 0 Å². The predicted octanol–water partition coefficient (Wildman–Crippen LogP) is -0.236. The topological polar surface area (TPSA) is 0 Å². The van der Waals surface area contributed by atoms with E-state index in [1.165, 1.54) is 0 Å². The minimum atomic E-state index is 0. The Morgan fingerprint density at radius 1 is 1.00 bits per heavy atom. The summed E-state index contributed by atoms with van der Waals surface area (Å²) in [6, 6.07) is 0. The zero-order chi connectivity index (χ0) is 0. The zero-order valence-corrected chi connectivity index (χ0v) is 5.64. The van der Waals surface area contributed by atoms with Gasteiger partial charge < -0.3 is 0 Å². The van der Waals surface area contributed by atoms with Crippen LogP contribution in [0.25, 0.3) is 0 Å². The van der Waals surface area contributed by atoms with E-state index < -0.39 is 0 Å². The summed E-state index contributed by atoms with van der Waals surface area (Å²) in [5, 5.41) is 0. The Morgan fingerprint density at radius 3 is 1.00 bits per heavy atom. The van der Waals surface area contributed by atoms with Crippen molar-refractivity contribution in [1.82, 2.24) is 0 Å². The molecule has 0 atom stereocenters. The second kappa shape index (κ2) is 36.8. The molecule has 0 spiro atoms. The van der Waals surface area contributed by atoms with Gasteiger partial charge in [0.15, 0.2) is 0 Å². The van der Waals surface area contributed by atoms with E-state index in [-0.39, 0.29) is 73.9 Å². The smallest absolute Gasteiger partial charge is 0 e. The van der Waals surface area contributed by atoms with E-state index in [2.05, 4.69) is 0 Å². The molecule has 0 aromatic rings.